The lowest BCUT2D eigenvalue weighted by Crippen LogP contribution is -2.42. The number of phenolic OH excluding ortho intramolecular Hbond substituents is 1. The van der Waals surface area contributed by atoms with E-state index in [9.17, 15) is 15.0 Å². The normalized spacial score (nSPS) is 13.8. The minimum absolute atomic E-state index is 0.101. The summed E-state index contributed by atoms with van der Waals surface area (Å²) in [5, 5.41) is 20.2. The van der Waals surface area contributed by atoms with Crippen molar-refractivity contribution < 1.29 is 15.0 Å². The Morgan fingerprint density at radius 2 is 1.74 bits per heavy atom. The molecule has 19 heavy (non-hydrogen) atoms. The highest BCUT2D eigenvalue weighted by Crippen LogP contribution is 2.31. The molecule has 4 heteroatoms. The van der Waals surface area contributed by atoms with Crippen molar-refractivity contribution >= 4 is 5.91 Å². The van der Waals surface area contributed by atoms with Crippen LogP contribution in [0.5, 0.6) is 5.75 Å². The Bertz CT molecular complexity index is 610. The first kappa shape index (κ1) is 13.1. The minimum atomic E-state index is -1.90. The number of benzene rings is 2. The van der Waals surface area contributed by atoms with Gasteiger partial charge in [0.05, 0.1) is 0 Å². The number of aromatic hydroxyl groups is 1. The fourth-order valence-electron chi connectivity index (χ4n) is 2.01. The van der Waals surface area contributed by atoms with E-state index in [1.165, 1.54) is 12.1 Å². The predicted octanol–water partition coefficient (Wildman–Crippen LogP) is 1.42. The first-order valence-electron chi connectivity index (χ1n) is 5.84. The predicted molar refractivity (Wildman–Crippen MR) is 71.5 cm³/mol. The SMILES string of the molecule is Cc1cc(C(O)(C(N)=O)c2ccccc2)ccc1O. The second-order valence-corrected chi connectivity index (χ2v) is 4.44. The summed E-state index contributed by atoms with van der Waals surface area (Å²) in [4.78, 5) is 11.7. The Morgan fingerprint density at radius 1 is 1.11 bits per heavy atom. The number of aryl methyl sites for hydroxylation is 1. The molecule has 2 aromatic rings. The summed E-state index contributed by atoms with van der Waals surface area (Å²) in [6.45, 7) is 1.69. The molecule has 4 nitrogen and oxygen atoms in total. The van der Waals surface area contributed by atoms with Gasteiger partial charge in [-0.2, -0.15) is 0 Å². The van der Waals surface area contributed by atoms with E-state index in [4.69, 9.17) is 5.73 Å². The first-order valence-corrected chi connectivity index (χ1v) is 5.84. The standard InChI is InChI=1S/C15H15NO3/c1-10-9-12(7-8-13(10)17)15(19,14(16)18)11-5-3-2-4-6-11/h2-9,17,19H,1H3,(H2,16,18). The fourth-order valence-corrected chi connectivity index (χ4v) is 2.01. The largest absolute Gasteiger partial charge is 0.508 e. The molecule has 0 aliphatic carbocycles. The number of nitrogens with two attached hydrogens (primary N) is 1. The second kappa shape index (κ2) is 4.74. The molecule has 0 aliphatic heterocycles. The third kappa shape index (κ3) is 2.18. The number of aliphatic hydroxyl groups is 1. The highest BCUT2D eigenvalue weighted by molar-refractivity contribution is 5.88. The van der Waals surface area contributed by atoms with Crippen LogP contribution in [0.2, 0.25) is 0 Å². The molecular formula is C15H15NO3. The van der Waals surface area contributed by atoms with Gasteiger partial charge in [0.2, 0.25) is 0 Å². The van der Waals surface area contributed by atoms with Crippen molar-refractivity contribution in [2.45, 2.75) is 12.5 Å². The van der Waals surface area contributed by atoms with E-state index in [1.54, 1.807) is 43.3 Å². The van der Waals surface area contributed by atoms with Crippen molar-refractivity contribution in [3.8, 4) is 5.75 Å². The number of rotatable bonds is 3. The van der Waals surface area contributed by atoms with Gasteiger partial charge in [0.25, 0.3) is 5.91 Å². The van der Waals surface area contributed by atoms with Crippen LogP contribution in [0.25, 0.3) is 0 Å². The zero-order chi connectivity index (χ0) is 14.0. The Balaban J connectivity index is 2.63. The van der Waals surface area contributed by atoms with Crippen molar-refractivity contribution in [3.05, 3.63) is 65.2 Å². The van der Waals surface area contributed by atoms with Gasteiger partial charge in [-0.25, -0.2) is 0 Å². The lowest BCUT2D eigenvalue weighted by atomic mass is 9.85. The van der Waals surface area contributed by atoms with E-state index in [1.807, 2.05) is 0 Å². The molecule has 0 spiro atoms. The molecule has 0 aromatic heterocycles. The topological polar surface area (TPSA) is 83.5 Å². The number of primary amides is 1. The van der Waals surface area contributed by atoms with Crippen LogP contribution in [0, 0.1) is 6.92 Å². The molecule has 2 rings (SSSR count). The maximum Gasteiger partial charge on any atom is 0.258 e. The van der Waals surface area contributed by atoms with Crippen LogP contribution >= 0.6 is 0 Å². The minimum Gasteiger partial charge on any atom is -0.508 e. The molecule has 0 aliphatic rings. The van der Waals surface area contributed by atoms with Gasteiger partial charge in [0.15, 0.2) is 5.60 Å². The Hall–Kier alpha value is -2.33. The number of phenols is 1. The number of carbonyl (C=O) groups excluding carboxylic acids is 1. The van der Waals surface area contributed by atoms with E-state index in [0.717, 1.165) is 0 Å². The van der Waals surface area contributed by atoms with Gasteiger partial charge < -0.3 is 15.9 Å². The summed E-state index contributed by atoms with van der Waals surface area (Å²) in [5.41, 5.74) is 4.76. The van der Waals surface area contributed by atoms with Gasteiger partial charge in [-0.1, -0.05) is 36.4 Å². The van der Waals surface area contributed by atoms with Crippen LogP contribution < -0.4 is 5.73 Å². The van der Waals surface area contributed by atoms with E-state index in [2.05, 4.69) is 0 Å². The van der Waals surface area contributed by atoms with E-state index in [0.29, 0.717) is 16.7 Å². The summed E-state index contributed by atoms with van der Waals surface area (Å²) in [6, 6.07) is 13.0. The van der Waals surface area contributed by atoms with Crippen LogP contribution in [0.3, 0.4) is 0 Å². The Labute approximate surface area is 111 Å². The van der Waals surface area contributed by atoms with Crippen molar-refractivity contribution in [3.63, 3.8) is 0 Å². The molecule has 0 radical (unpaired) electrons. The molecule has 1 atom stereocenters. The average Bonchev–Trinajstić information content (AvgIpc) is 2.41. The monoisotopic (exact) mass is 257 g/mol. The van der Waals surface area contributed by atoms with Gasteiger partial charge in [-0.05, 0) is 35.7 Å². The van der Waals surface area contributed by atoms with E-state index in [-0.39, 0.29) is 5.75 Å². The van der Waals surface area contributed by atoms with Crippen molar-refractivity contribution in [1.29, 1.82) is 0 Å². The summed E-state index contributed by atoms with van der Waals surface area (Å²) >= 11 is 0. The van der Waals surface area contributed by atoms with E-state index >= 15 is 0 Å². The van der Waals surface area contributed by atoms with Crippen molar-refractivity contribution in [1.82, 2.24) is 0 Å². The molecule has 0 heterocycles. The lowest BCUT2D eigenvalue weighted by molar-refractivity contribution is -0.133. The number of amides is 1. The summed E-state index contributed by atoms with van der Waals surface area (Å²) in [6.07, 6.45) is 0. The highest BCUT2D eigenvalue weighted by Gasteiger charge is 2.38. The molecule has 1 amide bonds. The molecular weight excluding hydrogens is 242 g/mol. The Morgan fingerprint density at radius 3 is 2.26 bits per heavy atom. The van der Waals surface area contributed by atoms with Gasteiger partial charge in [-0.15, -0.1) is 0 Å². The summed E-state index contributed by atoms with van der Waals surface area (Å²) in [7, 11) is 0. The third-order valence-electron chi connectivity index (χ3n) is 3.16. The van der Waals surface area contributed by atoms with Crippen LogP contribution in [0.4, 0.5) is 0 Å². The molecule has 0 saturated heterocycles. The zero-order valence-corrected chi connectivity index (χ0v) is 10.5. The van der Waals surface area contributed by atoms with Crippen LogP contribution in [-0.2, 0) is 10.4 Å². The molecule has 0 bridgehead atoms. The quantitative estimate of drug-likeness (QED) is 0.777. The number of carbonyl (C=O) groups is 1. The first-order chi connectivity index (χ1) is 8.96. The molecule has 1 unspecified atom stereocenters. The van der Waals surface area contributed by atoms with Crippen molar-refractivity contribution in [2.24, 2.45) is 5.73 Å². The molecule has 98 valence electrons. The van der Waals surface area contributed by atoms with Gasteiger partial charge in [0.1, 0.15) is 5.75 Å². The van der Waals surface area contributed by atoms with Crippen LogP contribution in [-0.4, -0.2) is 16.1 Å². The van der Waals surface area contributed by atoms with Crippen LogP contribution in [0.15, 0.2) is 48.5 Å². The fraction of sp³-hybridized carbons (Fsp3) is 0.133. The molecule has 0 saturated carbocycles. The molecule has 4 N–H and O–H groups in total. The number of hydrogen-bond acceptors (Lipinski definition) is 3. The molecule has 0 fully saturated rings. The van der Waals surface area contributed by atoms with Crippen LogP contribution in [0.1, 0.15) is 16.7 Å². The average molecular weight is 257 g/mol. The third-order valence-corrected chi connectivity index (χ3v) is 3.16. The maximum atomic E-state index is 11.7. The smallest absolute Gasteiger partial charge is 0.258 e. The van der Waals surface area contributed by atoms with E-state index < -0.39 is 11.5 Å². The second-order valence-electron chi connectivity index (χ2n) is 4.44. The van der Waals surface area contributed by atoms with Gasteiger partial charge >= 0.3 is 0 Å². The van der Waals surface area contributed by atoms with Crippen molar-refractivity contribution in [2.75, 3.05) is 0 Å². The summed E-state index contributed by atoms with van der Waals surface area (Å²) < 4.78 is 0. The maximum absolute atomic E-state index is 11.7. The lowest BCUT2D eigenvalue weighted by Gasteiger charge is -2.26. The van der Waals surface area contributed by atoms with Gasteiger partial charge in [0, 0.05) is 0 Å². The summed E-state index contributed by atoms with van der Waals surface area (Å²) in [5.74, 6) is -0.757. The number of hydrogen-bond donors (Lipinski definition) is 3. The highest BCUT2D eigenvalue weighted by atomic mass is 16.3. The van der Waals surface area contributed by atoms with Gasteiger partial charge in [-0.3, -0.25) is 4.79 Å². The zero-order valence-electron chi connectivity index (χ0n) is 10.5. The Kier molecular flexibility index (Phi) is 3.27. The molecule has 2 aromatic carbocycles.